The third-order valence-electron chi connectivity index (χ3n) is 3.70. The Morgan fingerprint density at radius 2 is 1.32 bits per heavy atom. The molecular weight excluding hydrogens is 272 g/mol. The zero-order valence-electron chi connectivity index (χ0n) is 13.5. The van der Waals surface area contributed by atoms with E-state index in [0.717, 1.165) is 12.8 Å². The molecule has 22 heavy (non-hydrogen) atoms. The van der Waals surface area contributed by atoms with E-state index >= 15 is 0 Å². The molecule has 2 aromatic carbocycles. The number of carbonyl (C=O) groups is 1. The Balaban J connectivity index is 1.97. The predicted molar refractivity (Wildman–Crippen MR) is 90.8 cm³/mol. The minimum atomic E-state index is -0.127. The van der Waals surface area contributed by atoms with E-state index in [1.807, 2.05) is 6.92 Å². The van der Waals surface area contributed by atoms with Crippen LogP contribution in [0.4, 0.5) is 0 Å². The van der Waals surface area contributed by atoms with Gasteiger partial charge in [-0.25, -0.2) is 0 Å². The SMILES string of the molecule is CCCc1ccc(-c2ccc(CCC(=O)OCC)cc2)cc1. The summed E-state index contributed by atoms with van der Waals surface area (Å²) in [6, 6.07) is 17.2. The number of ether oxygens (including phenoxy) is 1. The number of rotatable bonds is 7. The van der Waals surface area contributed by atoms with Crippen molar-refractivity contribution in [2.75, 3.05) is 6.61 Å². The third-order valence-corrected chi connectivity index (χ3v) is 3.70. The highest BCUT2D eigenvalue weighted by atomic mass is 16.5. The van der Waals surface area contributed by atoms with E-state index in [1.54, 1.807) is 0 Å². The van der Waals surface area contributed by atoms with Gasteiger partial charge in [0.15, 0.2) is 0 Å². The first kappa shape index (κ1) is 16.3. The van der Waals surface area contributed by atoms with Crippen molar-refractivity contribution < 1.29 is 9.53 Å². The highest BCUT2D eigenvalue weighted by Crippen LogP contribution is 2.21. The molecule has 0 aromatic heterocycles. The number of benzene rings is 2. The van der Waals surface area contributed by atoms with E-state index in [0.29, 0.717) is 13.0 Å². The Bertz CT molecular complexity index is 582. The molecule has 0 aliphatic rings. The lowest BCUT2D eigenvalue weighted by molar-refractivity contribution is -0.143. The molecule has 0 heterocycles. The maximum Gasteiger partial charge on any atom is 0.306 e. The van der Waals surface area contributed by atoms with Gasteiger partial charge in [-0.05, 0) is 42.0 Å². The summed E-state index contributed by atoms with van der Waals surface area (Å²) in [6.07, 6.45) is 3.48. The van der Waals surface area contributed by atoms with Crippen LogP contribution in [0, 0.1) is 0 Å². The van der Waals surface area contributed by atoms with Crippen molar-refractivity contribution in [1.82, 2.24) is 0 Å². The first-order valence-electron chi connectivity index (χ1n) is 8.06. The number of aryl methyl sites for hydroxylation is 2. The fraction of sp³-hybridized carbons (Fsp3) is 0.350. The minimum absolute atomic E-state index is 0.127. The van der Waals surface area contributed by atoms with Gasteiger partial charge in [0, 0.05) is 6.42 Å². The fourth-order valence-electron chi connectivity index (χ4n) is 2.50. The van der Waals surface area contributed by atoms with E-state index in [-0.39, 0.29) is 5.97 Å². The quantitative estimate of drug-likeness (QED) is 0.686. The van der Waals surface area contributed by atoms with Gasteiger partial charge in [-0.15, -0.1) is 0 Å². The van der Waals surface area contributed by atoms with Crippen LogP contribution in [0.1, 0.15) is 37.8 Å². The number of carbonyl (C=O) groups excluding carboxylic acids is 1. The molecule has 0 unspecified atom stereocenters. The fourth-order valence-corrected chi connectivity index (χ4v) is 2.50. The summed E-state index contributed by atoms with van der Waals surface area (Å²) in [5.74, 6) is -0.127. The van der Waals surface area contributed by atoms with Crippen molar-refractivity contribution in [1.29, 1.82) is 0 Å². The molecule has 0 saturated heterocycles. The van der Waals surface area contributed by atoms with Crippen LogP contribution in [-0.2, 0) is 22.4 Å². The van der Waals surface area contributed by atoms with Gasteiger partial charge in [-0.1, -0.05) is 61.9 Å². The number of esters is 1. The van der Waals surface area contributed by atoms with Crippen LogP contribution in [0.5, 0.6) is 0 Å². The molecule has 0 spiro atoms. The van der Waals surface area contributed by atoms with Crippen LogP contribution in [0.2, 0.25) is 0 Å². The van der Waals surface area contributed by atoms with Gasteiger partial charge in [0.05, 0.1) is 6.61 Å². The van der Waals surface area contributed by atoms with Crippen molar-refractivity contribution in [3.63, 3.8) is 0 Å². The molecule has 2 nitrogen and oxygen atoms in total. The van der Waals surface area contributed by atoms with Gasteiger partial charge >= 0.3 is 5.97 Å². The van der Waals surface area contributed by atoms with Crippen LogP contribution in [0.3, 0.4) is 0 Å². The summed E-state index contributed by atoms with van der Waals surface area (Å²) in [5.41, 5.74) is 5.00. The molecule has 0 N–H and O–H groups in total. The number of hydrogen-bond donors (Lipinski definition) is 0. The van der Waals surface area contributed by atoms with Crippen LogP contribution in [0.25, 0.3) is 11.1 Å². The topological polar surface area (TPSA) is 26.3 Å². The van der Waals surface area contributed by atoms with E-state index in [2.05, 4.69) is 55.5 Å². The lowest BCUT2D eigenvalue weighted by atomic mass is 10.00. The molecule has 0 atom stereocenters. The zero-order chi connectivity index (χ0) is 15.8. The van der Waals surface area contributed by atoms with Crippen LogP contribution in [0.15, 0.2) is 48.5 Å². The van der Waals surface area contributed by atoms with Crippen LogP contribution < -0.4 is 0 Å². The Hall–Kier alpha value is -2.09. The van der Waals surface area contributed by atoms with Gasteiger partial charge in [0.25, 0.3) is 0 Å². The van der Waals surface area contributed by atoms with Gasteiger partial charge in [0.2, 0.25) is 0 Å². The Labute approximate surface area is 133 Å². The van der Waals surface area contributed by atoms with Crippen LogP contribution in [-0.4, -0.2) is 12.6 Å². The predicted octanol–water partition coefficient (Wildman–Crippen LogP) is 4.80. The van der Waals surface area contributed by atoms with Crippen molar-refractivity contribution in [3.8, 4) is 11.1 Å². The van der Waals surface area contributed by atoms with E-state index in [9.17, 15) is 4.79 Å². The lowest BCUT2D eigenvalue weighted by Crippen LogP contribution is -2.05. The summed E-state index contributed by atoms with van der Waals surface area (Å²) >= 11 is 0. The molecule has 2 heteroatoms. The standard InChI is InChI=1S/C20H24O2/c1-3-5-16-6-11-18(12-7-16)19-13-8-17(9-14-19)10-15-20(21)22-4-2/h6-9,11-14H,3-5,10,15H2,1-2H3. The lowest BCUT2D eigenvalue weighted by Gasteiger charge is -2.06. The number of hydrogen-bond acceptors (Lipinski definition) is 2. The maximum atomic E-state index is 11.4. The molecule has 0 aliphatic carbocycles. The molecule has 2 rings (SSSR count). The first-order valence-corrected chi connectivity index (χ1v) is 8.06. The van der Waals surface area contributed by atoms with Crippen molar-refractivity contribution in [2.24, 2.45) is 0 Å². The first-order chi connectivity index (χ1) is 10.7. The van der Waals surface area contributed by atoms with E-state index in [1.165, 1.54) is 28.7 Å². The normalized spacial score (nSPS) is 10.5. The van der Waals surface area contributed by atoms with Gasteiger partial charge in [-0.3, -0.25) is 4.79 Å². The molecule has 0 amide bonds. The highest BCUT2D eigenvalue weighted by Gasteiger charge is 2.03. The highest BCUT2D eigenvalue weighted by molar-refractivity contribution is 5.70. The minimum Gasteiger partial charge on any atom is -0.466 e. The molecule has 0 bridgehead atoms. The van der Waals surface area contributed by atoms with Gasteiger partial charge < -0.3 is 4.74 Å². The second kappa shape index (κ2) is 8.38. The summed E-state index contributed by atoms with van der Waals surface area (Å²) in [4.78, 5) is 11.4. The van der Waals surface area contributed by atoms with E-state index in [4.69, 9.17) is 4.74 Å². The maximum absolute atomic E-state index is 11.4. The Kier molecular flexibility index (Phi) is 6.20. The molecular formula is C20H24O2. The molecule has 2 aromatic rings. The van der Waals surface area contributed by atoms with Crippen molar-refractivity contribution in [3.05, 3.63) is 59.7 Å². The largest absolute Gasteiger partial charge is 0.466 e. The molecule has 0 radical (unpaired) electrons. The van der Waals surface area contributed by atoms with Crippen molar-refractivity contribution in [2.45, 2.75) is 39.5 Å². The second-order valence-electron chi connectivity index (χ2n) is 5.45. The Morgan fingerprint density at radius 1 is 0.818 bits per heavy atom. The molecule has 0 fully saturated rings. The summed E-state index contributed by atoms with van der Waals surface area (Å²) < 4.78 is 4.95. The van der Waals surface area contributed by atoms with Crippen molar-refractivity contribution >= 4 is 5.97 Å². The van der Waals surface area contributed by atoms with Gasteiger partial charge in [-0.2, -0.15) is 0 Å². The summed E-state index contributed by atoms with van der Waals surface area (Å²) in [5, 5.41) is 0. The van der Waals surface area contributed by atoms with E-state index < -0.39 is 0 Å². The Morgan fingerprint density at radius 3 is 1.77 bits per heavy atom. The molecule has 116 valence electrons. The summed E-state index contributed by atoms with van der Waals surface area (Å²) in [6.45, 7) is 4.48. The van der Waals surface area contributed by atoms with Gasteiger partial charge in [0.1, 0.15) is 0 Å². The molecule has 0 saturated carbocycles. The second-order valence-corrected chi connectivity index (χ2v) is 5.45. The zero-order valence-corrected chi connectivity index (χ0v) is 13.5. The average molecular weight is 296 g/mol. The smallest absolute Gasteiger partial charge is 0.306 e. The van der Waals surface area contributed by atoms with Crippen LogP contribution >= 0.6 is 0 Å². The third kappa shape index (κ3) is 4.73. The molecule has 0 aliphatic heterocycles. The summed E-state index contributed by atoms with van der Waals surface area (Å²) in [7, 11) is 0. The monoisotopic (exact) mass is 296 g/mol. The average Bonchev–Trinajstić information content (AvgIpc) is 2.55.